The van der Waals surface area contributed by atoms with Crippen molar-refractivity contribution in [1.29, 1.82) is 0 Å². The monoisotopic (exact) mass is 234 g/mol. The van der Waals surface area contributed by atoms with Gasteiger partial charge in [0, 0.05) is 18.4 Å². The summed E-state index contributed by atoms with van der Waals surface area (Å²) in [6.07, 6.45) is 7.96. The van der Waals surface area contributed by atoms with Crippen molar-refractivity contribution in [3.63, 3.8) is 0 Å². The minimum absolute atomic E-state index is 0.0794. The van der Waals surface area contributed by atoms with Crippen LogP contribution < -0.4 is 5.32 Å². The van der Waals surface area contributed by atoms with E-state index < -0.39 is 0 Å². The molecule has 2 N–H and O–H groups in total. The van der Waals surface area contributed by atoms with Gasteiger partial charge in [-0.2, -0.15) is 0 Å². The predicted molar refractivity (Wildman–Crippen MR) is 68.6 cm³/mol. The summed E-state index contributed by atoms with van der Waals surface area (Å²) < 4.78 is 0. The first kappa shape index (κ1) is 12.5. The Morgan fingerprint density at radius 2 is 2.41 bits per heavy atom. The zero-order valence-electron chi connectivity index (χ0n) is 10.5. The highest BCUT2D eigenvalue weighted by Crippen LogP contribution is 2.24. The zero-order chi connectivity index (χ0) is 12.1. The van der Waals surface area contributed by atoms with Gasteiger partial charge < -0.3 is 10.4 Å². The molecular weight excluding hydrogens is 212 g/mol. The van der Waals surface area contributed by atoms with Crippen molar-refractivity contribution in [1.82, 2.24) is 10.3 Å². The molecule has 17 heavy (non-hydrogen) atoms. The molecule has 1 aromatic heterocycles. The molecule has 3 atom stereocenters. The molecule has 0 spiro atoms. The summed E-state index contributed by atoms with van der Waals surface area (Å²) in [5.41, 5.74) is 1.23. The summed E-state index contributed by atoms with van der Waals surface area (Å²) in [6, 6.07) is 4.40. The van der Waals surface area contributed by atoms with Gasteiger partial charge in [0.05, 0.1) is 6.10 Å². The first-order valence-corrected chi connectivity index (χ1v) is 6.57. The number of aliphatic hydroxyl groups is 1. The number of pyridine rings is 1. The zero-order valence-corrected chi connectivity index (χ0v) is 10.5. The molecule has 0 amide bonds. The normalized spacial score (nSPS) is 26.7. The van der Waals surface area contributed by atoms with Crippen LogP contribution in [-0.4, -0.2) is 22.7 Å². The Labute approximate surface area is 103 Å². The fraction of sp³-hybridized carbons (Fsp3) is 0.643. The highest BCUT2D eigenvalue weighted by molar-refractivity contribution is 5.12. The van der Waals surface area contributed by atoms with E-state index >= 15 is 0 Å². The van der Waals surface area contributed by atoms with Crippen LogP contribution in [0.2, 0.25) is 0 Å². The highest BCUT2D eigenvalue weighted by atomic mass is 16.3. The van der Waals surface area contributed by atoms with E-state index in [0.29, 0.717) is 12.0 Å². The molecular formula is C14H22N2O. The Balaban J connectivity index is 1.78. The van der Waals surface area contributed by atoms with Gasteiger partial charge in [-0.25, -0.2) is 0 Å². The molecule has 94 valence electrons. The summed E-state index contributed by atoms with van der Waals surface area (Å²) >= 11 is 0. The number of nitrogens with zero attached hydrogens (tertiary/aromatic N) is 1. The van der Waals surface area contributed by atoms with Crippen molar-refractivity contribution in [2.24, 2.45) is 5.92 Å². The number of rotatable bonds is 4. The minimum Gasteiger partial charge on any atom is -0.393 e. The van der Waals surface area contributed by atoms with Gasteiger partial charge in [0.25, 0.3) is 0 Å². The van der Waals surface area contributed by atoms with Gasteiger partial charge in [-0.3, -0.25) is 4.98 Å². The molecule has 1 fully saturated rings. The maximum atomic E-state index is 9.62. The van der Waals surface area contributed by atoms with Gasteiger partial charge in [-0.05, 0) is 50.3 Å². The molecule has 2 rings (SSSR count). The lowest BCUT2D eigenvalue weighted by molar-refractivity contribution is 0.0998. The number of nitrogens with one attached hydrogen (secondary N) is 1. The Hall–Kier alpha value is -0.930. The Bertz CT molecular complexity index is 328. The van der Waals surface area contributed by atoms with Crippen LogP contribution in [0.25, 0.3) is 0 Å². The second kappa shape index (κ2) is 6.12. The molecule has 3 heteroatoms. The molecule has 1 aliphatic rings. The SMILES string of the molecule is CC(NCC1CCCC(O)C1)c1cccnc1. The summed E-state index contributed by atoms with van der Waals surface area (Å²) in [7, 11) is 0. The van der Waals surface area contributed by atoms with Gasteiger partial charge in [0.2, 0.25) is 0 Å². The van der Waals surface area contributed by atoms with Gasteiger partial charge >= 0.3 is 0 Å². The third-order valence-electron chi connectivity index (χ3n) is 3.65. The lowest BCUT2D eigenvalue weighted by Crippen LogP contribution is -2.30. The van der Waals surface area contributed by atoms with Gasteiger partial charge in [-0.15, -0.1) is 0 Å². The first-order valence-electron chi connectivity index (χ1n) is 6.57. The first-order chi connectivity index (χ1) is 8.25. The Morgan fingerprint density at radius 3 is 3.12 bits per heavy atom. The molecule has 0 aromatic carbocycles. The summed E-state index contributed by atoms with van der Waals surface area (Å²) in [5, 5.41) is 13.2. The van der Waals surface area contributed by atoms with E-state index in [1.165, 1.54) is 12.0 Å². The van der Waals surface area contributed by atoms with Crippen molar-refractivity contribution < 1.29 is 5.11 Å². The van der Waals surface area contributed by atoms with Crippen molar-refractivity contribution in [2.75, 3.05) is 6.54 Å². The predicted octanol–water partition coefficient (Wildman–Crippen LogP) is 2.28. The highest BCUT2D eigenvalue weighted by Gasteiger charge is 2.20. The fourth-order valence-electron chi connectivity index (χ4n) is 2.54. The number of aliphatic hydroxyl groups excluding tert-OH is 1. The van der Waals surface area contributed by atoms with E-state index in [1.807, 2.05) is 12.3 Å². The molecule has 0 saturated heterocycles. The second-order valence-electron chi connectivity index (χ2n) is 5.10. The Morgan fingerprint density at radius 1 is 1.53 bits per heavy atom. The average molecular weight is 234 g/mol. The third kappa shape index (κ3) is 3.79. The average Bonchev–Trinajstić information content (AvgIpc) is 2.37. The van der Waals surface area contributed by atoms with Gasteiger partial charge in [0.15, 0.2) is 0 Å². The van der Waals surface area contributed by atoms with Crippen molar-refractivity contribution in [3.05, 3.63) is 30.1 Å². The molecule has 3 nitrogen and oxygen atoms in total. The lowest BCUT2D eigenvalue weighted by Gasteiger charge is -2.27. The molecule has 1 heterocycles. The second-order valence-corrected chi connectivity index (χ2v) is 5.10. The molecule has 1 aliphatic carbocycles. The van der Waals surface area contributed by atoms with Crippen LogP contribution in [-0.2, 0) is 0 Å². The quantitative estimate of drug-likeness (QED) is 0.840. The summed E-state index contributed by atoms with van der Waals surface area (Å²) in [6.45, 7) is 3.16. The van der Waals surface area contributed by atoms with E-state index in [-0.39, 0.29) is 6.10 Å². The molecule has 0 bridgehead atoms. The summed E-state index contributed by atoms with van der Waals surface area (Å²) in [4.78, 5) is 4.13. The van der Waals surface area contributed by atoms with Crippen LogP contribution >= 0.6 is 0 Å². The van der Waals surface area contributed by atoms with Crippen LogP contribution in [0.15, 0.2) is 24.5 Å². The van der Waals surface area contributed by atoms with Gasteiger partial charge in [0.1, 0.15) is 0 Å². The van der Waals surface area contributed by atoms with Crippen LogP contribution in [0, 0.1) is 5.92 Å². The van der Waals surface area contributed by atoms with Crippen molar-refractivity contribution in [3.8, 4) is 0 Å². The molecule has 1 saturated carbocycles. The van der Waals surface area contributed by atoms with Gasteiger partial charge in [-0.1, -0.05) is 12.5 Å². The van der Waals surface area contributed by atoms with E-state index in [1.54, 1.807) is 6.20 Å². The van der Waals surface area contributed by atoms with E-state index in [0.717, 1.165) is 25.8 Å². The largest absolute Gasteiger partial charge is 0.393 e. The molecule has 3 unspecified atom stereocenters. The van der Waals surface area contributed by atoms with Crippen LogP contribution in [0.3, 0.4) is 0 Å². The Kier molecular flexibility index (Phi) is 4.51. The number of hydrogen-bond donors (Lipinski definition) is 2. The topological polar surface area (TPSA) is 45.1 Å². The number of aromatic nitrogens is 1. The fourth-order valence-corrected chi connectivity index (χ4v) is 2.54. The minimum atomic E-state index is -0.0794. The maximum Gasteiger partial charge on any atom is 0.0543 e. The van der Waals surface area contributed by atoms with Crippen LogP contribution in [0.4, 0.5) is 0 Å². The number of hydrogen-bond acceptors (Lipinski definition) is 3. The molecule has 0 radical (unpaired) electrons. The van der Waals surface area contributed by atoms with Crippen molar-refractivity contribution >= 4 is 0 Å². The lowest BCUT2D eigenvalue weighted by atomic mass is 9.87. The van der Waals surface area contributed by atoms with E-state index in [2.05, 4.69) is 23.3 Å². The standard InChI is InChI=1S/C14H22N2O/c1-11(13-5-3-7-15-10-13)16-9-12-4-2-6-14(17)8-12/h3,5,7,10-12,14,16-17H,2,4,6,8-9H2,1H3. The smallest absolute Gasteiger partial charge is 0.0543 e. The van der Waals surface area contributed by atoms with E-state index in [9.17, 15) is 5.11 Å². The van der Waals surface area contributed by atoms with Crippen LogP contribution in [0.5, 0.6) is 0 Å². The summed E-state index contributed by atoms with van der Waals surface area (Å²) in [5.74, 6) is 0.623. The molecule has 0 aliphatic heterocycles. The third-order valence-corrected chi connectivity index (χ3v) is 3.65. The van der Waals surface area contributed by atoms with E-state index in [4.69, 9.17) is 0 Å². The molecule has 1 aromatic rings. The van der Waals surface area contributed by atoms with Crippen LogP contribution in [0.1, 0.15) is 44.2 Å². The maximum absolute atomic E-state index is 9.62. The van der Waals surface area contributed by atoms with Crippen molar-refractivity contribution in [2.45, 2.75) is 44.8 Å².